The molecule has 1 atom stereocenters. The lowest BCUT2D eigenvalue weighted by molar-refractivity contribution is -0.192. The van der Waals surface area contributed by atoms with Gasteiger partial charge in [0.2, 0.25) is 0 Å². The molecule has 0 amide bonds. The Balaban J connectivity index is 0.000000381. The van der Waals surface area contributed by atoms with Crippen LogP contribution in [0.4, 0.5) is 13.2 Å². The first-order valence-electron chi connectivity index (χ1n) is 7.99. The van der Waals surface area contributed by atoms with E-state index in [4.69, 9.17) is 14.6 Å². The second-order valence-electron chi connectivity index (χ2n) is 6.71. The number of alkyl halides is 3. The van der Waals surface area contributed by atoms with Crippen LogP contribution in [0.2, 0.25) is 0 Å². The maximum atomic E-state index is 11.2. The fourth-order valence-corrected chi connectivity index (χ4v) is 3.05. The van der Waals surface area contributed by atoms with Crippen molar-refractivity contribution in [2.75, 3.05) is 26.3 Å². The van der Waals surface area contributed by atoms with Gasteiger partial charge in [0.1, 0.15) is 6.04 Å². The maximum absolute atomic E-state index is 11.2. The Bertz CT molecular complexity index is 516. The molecule has 0 aromatic carbocycles. The van der Waals surface area contributed by atoms with Gasteiger partial charge in [-0.15, -0.1) is 0 Å². The highest BCUT2D eigenvalue weighted by Crippen LogP contribution is 2.33. The van der Waals surface area contributed by atoms with E-state index in [9.17, 15) is 23.1 Å². The van der Waals surface area contributed by atoms with E-state index in [0.717, 1.165) is 39.0 Å². The Morgan fingerprint density at radius 3 is 2.36 bits per heavy atom. The Morgan fingerprint density at radius 2 is 1.92 bits per heavy atom. The van der Waals surface area contributed by atoms with Crippen molar-refractivity contribution in [2.45, 2.75) is 45.3 Å². The van der Waals surface area contributed by atoms with Crippen LogP contribution < -0.4 is 0 Å². The Hall–Kier alpha value is -1.61. The first-order chi connectivity index (χ1) is 11.4. The summed E-state index contributed by atoms with van der Waals surface area (Å²) in [6.07, 6.45) is -0.170. The Morgan fingerprint density at radius 1 is 1.32 bits per heavy atom. The van der Waals surface area contributed by atoms with Gasteiger partial charge >= 0.3 is 18.1 Å². The van der Waals surface area contributed by atoms with Crippen molar-refractivity contribution < 1.29 is 37.7 Å². The van der Waals surface area contributed by atoms with Gasteiger partial charge in [-0.05, 0) is 31.2 Å². The van der Waals surface area contributed by atoms with Crippen LogP contribution in [-0.2, 0) is 14.3 Å². The number of carboxylic acids is 2. The van der Waals surface area contributed by atoms with Gasteiger partial charge < -0.3 is 14.9 Å². The van der Waals surface area contributed by atoms with Crippen molar-refractivity contribution >= 4 is 11.9 Å². The molecule has 2 rings (SSSR count). The third-order valence-electron chi connectivity index (χ3n) is 4.32. The van der Waals surface area contributed by atoms with Crippen LogP contribution in [0.1, 0.15) is 33.1 Å². The Labute approximate surface area is 144 Å². The number of nitrogens with zero attached hydrogens (tertiary/aromatic N) is 1. The zero-order valence-corrected chi connectivity index (χ0v) is 14.3. The summed E-state index contributed by atoms with van der Waals surface area (Å²) in [7, 11) is 0. The van der Waals surface area contributed by atoms with E-state index in [1.165, 1.54) is 5.57 Å². The number of carboxylic acid groups (broad SMARTS) is 2. The number of carbonyl (C=O) groups is 2. The number of aliphatic carboxylic acids is 2. The lowest BCUT2D eigenvalue weighted by Gasteiger charge is -2.35. The van der Waals surface area contributed by atoms with Crippen molar-refractivity contribution in [3.63, 3.8) is 0 Å². The molecule has 1 saturated heterocycles. The summed E-state index contributed by atoms with van der Waals surface area (Å²) in [6.45, 7) is 7.64. The van der Waals surface area contributed by atoms with Gasteiger partial charge in [0.15, 0.2) is 0 Å². The smallest absolute Gasteiger partial charge is 0.480 e. The largest absolute Gasteiger partial charge is 0.490 e. The molecular formula is C16H24F3NO5. The highest BCUT2D eigenvalue weighted by molar-refractivity contribution is 5.74. The molecule has 0 aromatic rings. The molecule has 2 aliphatic heterocycles. The number of ether oxygens (including phenoxy) is 1. The zero-order chi connectivity index (χ0) is 19.3. The summed E-state index contributed by atoms with van der Waals surface area (Å²) >= 11 is 0. The minimum Gasteiger partial charge on any atom is -0.480 e. The Kier molecular flexibility index (Phi) is 7.43. The van der Waals surface area contributed by atoms with Crippen LogP contribution >= 0.6 is 0 Å². The van der Waals surface area contributed by atoms with Crippen molar-refractivity contribution in [1.82, 2.24) is 4.90 Å². The van der Waals surface area contributed by atoms with E-state index in [1.54, 1.807) is 0 Å². The molecule has 2 aliphatic rings. The van der Waals surface area contributed by atoms with Crippen LogP contribution in [0.25, 0.3) is 0 Å². The molecule has 1 unspecified atom stereocenters. The van der Waals surface area contributed by atoms with Gasteiger partial charge in [-0.2, -0.15) is 13.2 Å². The summed E-state index contributed by atoms with van der Waals surface area (Å²) < 4.78 is 37.1. The lowest BCUT2D eigenvalue weighted by Crippen LogP contribution is -2.42. The van der Waals surface area contributed by atoms with E-state index in [1.807, 2.05) is 0 Å². The van der Waals surface area contributed by atoms with Crippen LogP contribution in [-0.4, -0.2) is 65.6 Å². The van der Waals surface area contributed by atoms with Crippen molar-refractivity contribution in [3.8, 4) is 0 Å². The van der Waals surface area contributed by atoms with E-state index in [0.29, 0.717) is 6.61 Å². The molecule has 0 saturated carbocycles. The first-order valence-corrected chi connectivity index (χ1v) is 7.99. The van der Waals surface area contributed by atoms with E-state index in [2.05, 4.69) is 24.8 Å². The second kappa shape index (κ2) is 8.66. The van der Waals surface area contributed by atoms with Gasteiger partial charge in [-0.3, -0.25) is 9.69 Å². The molecule has 0 spiro atoms. The van der Waals surface area contributed by atoms with Crippen LogP contribution in [0.5, 0.6) is 0 Å². The van der Waals surface area contributed by atoms with E-state index in [-0.39, 0.29) is 11.5 Å². The van der Waals surface area contributed by atoms with Gasteiger partial charge in [0.25, 0.3) is 0 Å². The molecule has 0 bridgehead atoms. The number of hydrogen-bond donors (Lipinski definition) is 2. The van der Waals surface area contributed by atoms with E-state index < -0.39 is 18.1 Å². The van der Waals surface area contributed by atoms with Crippen molar-refractivity contribution in [2.24, 2.45) is 5.41 Å². The predicted molar refractivity (Wildman–Crippen MR) is 83.2 cm³/mol. The quantitative estimate of drug-likeness (QED) is 0.743. The first kappa shape index (κ1) is 21.4. The summed E-state index contributed by atoms with van der Waals surface area (Å²) in [5.74, 6) is -3.43. The third kappa shape index (κ3) is 6.66. The molecule has 144 valence electrons. The highest BCUT2D eigenvalue weighted by atomic mass is 19.4. The topological polar surface area (TPSA) is 87.1 Å². The fraction of sp³-hybridized carbons (Fsp3) is 0.750. The molecular weight excluding hydrogens is 343 g/mol. The summed E-state index contributed by atoms with van der Waals surface area (Å²) in [6, 6.07) is -0.287. The van der Waals surface area contributed by atoms with E-state index >= 15 is 0 Å². The normalized spacial score (nSPS) is 22.0. The van der Waals surface area contributed by atoms with Crippen molar-refractivity contribution in [1.29, 1.82) is 0 Å². The molecule has 25 heavy (non-hydrogen) atoms. The molecule has 2 heterocycles. The summed E-state index contributed by atoms with van der Waals surface area (Å²) in [5.41, 5.74) is 1.45. The number of likely N-dealkylation sites (tertiary alicyclic amines) is 1. The molecule has 6 nitrogen and oxygen atoms in total. The van der Waals surface area contributed by atoms with Gasteiger partial charge in [-0.25, -0.2) is 4.79 Å². The monoisotopic (exact) mass is 367 g/mol. The number of rotatable bonds is 4. The molecule has 9 heteroatoms. The average Bonchev–Trinajstić information content (AvgIpc) is 2.95. The number of hydrogen-bond acceptors (Lipinski definition) is 4. The van der Waals surface area contributed by atoms with Crippen LogP contribution in [0.3, 0.4) is 0 Å². The predicted octanol–water partition coefficient (Wildman–Crippen LogP) is 2.54. The fourth-order valence-electron chi connectivity index (χ4n) is 3.05. The number of halogens is 3. The third-order valence-corrected chi connectivity index (χ3v) is 4.32. The molecule has 0 aromatic heterocycles. The van der Waals surface area contributed by atoms with Crippen LogP contribution in [0, 0.1) is 5.41 Å². The van der Waals surface area contributed by atoms with Gasteiger partial charge in [0, 0.05) is 6.54 Å². The standard InChI is InChI=1S/C14H23NO3.C2HF3O2/c1-14(2,11-5-8-18-9-6-11)10-15-7-3-4-12(15)13(16)17;3-2(4,5)1(6)7/h5,12H,3-4,6-10H2,1-2H3,(H,16,17);(H,6,7). The molecule has 0 radical (unpaired) electrons. The molecule has 2 N–H and O–H groups in total. The minimum absolute atomic E-state index is 0.0435. The summed E-state index contributed by atoms with van der Waals surface area (Å²) in [4.78, 5) is 22.2. The second-order valence-corrected chi connectivity index (χ2v) is 6.71. The zero-order valence-electron chi connectivity index (χ0n) is 14.3. The van der Waals surface area contributed by atoms with Crippen molar-refractivity contribution in [3.05, 3.63) is 11.6 Å². The highest BCUT2D eigenvalue weighted by Gasteiger charge is 2.38. The van der Waals surface area contributed by atoms with Gasteiger partial charge in [-0.1, -0.05) is 25.5 Å². The maximum Gasteiger partial charge on any atom is 0.490 e. The molecule has 0 aliphatic carbocycles. The lowest BCUT2D eigenvalue weighted by atomic mass is 9.81. The average molecular weight is 367 g/mol. The SMILES string of the molecule is CC(C)(CN1CCCC1C(=O)O)C1=CCOCC1.O=C(O)C(F)(F)F. The van der Waals surface area contributed by atoms with Crippen LogP contribution in [0.15, 0.2) is 11.6 Å². The van der Waals surface area contributed by atoms with Gasteiger partial charge in [0.05, 0.1) is 13.2 Å². The minimum atomic E-state index is -5.08. The molecule has 1 fully saturated rings. The summed E-state index contributed by atoms with van der Waals surface area (Å²) in [5, 5.41) is 16.3.